The number of rotatable bonds is 5. The number of fused-ring (bicyclic) bond motifs is 1. The average molecular weight is 344 g/mol. The molecular weight excluding hydrogens is 324 g/mol. The van der Waals surface area contributed by atoms with Crippen LogP contribution in [0.15, 0.2) is 23.6 Å². The number of nitrogens with zero attached hydrogens (tertiary/aromatic N) is 2. The molecule has 2 heterocycles. The van der Waals surface area contributed by atoms with Crippen molar-refractivity contribution < 1.29 is 14.3 Å². The molecule has 0 fully saturated rings. The van der Waals surface area contributed by atoms with E-state index in [1.807, 2.05) is 23.6 Å². The zero-order valence-electron chi connectivity index (χ0n) is 14.0. The molecule has 1 amide bonds. The summed E-state index contributed by atoms with van der Waals surface area (Å²) in [6, 6.07) is 5.67. The molecule has 0 bridgehead atoms. The topological polar surface area (TPSA) is 59.5 Å². The maximum atomic E-state index is 12.4. The Bertz CT molecular complexity index is 784. The lowest BCUT2D eigenvalue weighted by Crippen LogP contribution is -2.46. The fourth-order valence-corrected chi connectivity index (χ4v) is 3.63. The molecule has 2 aromatic rings. The molecule has 0 spiro atoms. The summed E-state index contributed by atoms with van der Waals surface area (Å²) in [5, 5.41) is 3.13. The van der Waals surface area contributed by atoms with E-state index in [4.69, 9.17) is 4.74 Å². The molecular formula is C18H20N2O3S. The lowest BCUT2D eigenvalue weighted by molar-refractivity contribution is -0.127. The number of thiazole rings is 1. The van der Waals surface area contributed by atoms with Crippen molar-refractivity contribution in [1.82, 2.24) is 4.98 Å². The highest BCUT2D eigenvalue weighted by atomic mass is 32.1. The highest BCUT2D eigenvalue weighted by Gasteiger charge is 2.32. The Morgan fingerprint density at radius 1 is 1.42 bits per heavy atom. The molecule has 0 radical (unpaired) electrons. The van der Waals surface area contributed by atoms with Gasteiger partial charge in [0.05, 0.1) is 22.9 Å². The zero-order chi connectivity index (χ0) is 17.3. The monoisotopic (exact) mass is 344 g/mol. The van der Waals surface area contributed by atoms with Gasteiger partial charge in [0.2, 0.25) is 0 Å². The van der Waals surface area contributed by atoms with Gasteiger partial charge in [0.1, 0.15) is 11.5 Å². The van der Waals surface area contributed by atoms with Crippen LogP contribution >= 0.6 is 11.3 Å². The minimum Gasteiger partial charge on any atom is -0.479 e. The van der Waals surface area contributed by atoms with E-state index in [1.165, 1.54) is 11.8 Å². The first-order valence-corrected chi connectivity index (χ1v) is 8.94. The van der Waals surface area contributed by atoms with Crippen LogP contribution in [0.5, 0.6) is 5.75 Å². The quantitative estimate of drug-likeness (QED) is 0.833. The van der Waals surface area contributed by atoms with Crippen LogP contribution < -0.4 is 9.64 Å². The van der Waals surface area contributed by atoms with Gasteiger partial charge in [-0.3, -0.25) is 14.5 Å². The second kappa shape index (κ2) is 6.73. The third-order valence-corrected chi connectivity index (χ3v) is 4.77. The molecule has 3 rings (SSSR count). The number of carbonyl (C=O) groups is 2. The van der Waals surface area contributed by atoms with Crippen molar-refractivity contribution >= 4 is 28.7 Å². The van der Waals surface area contributed by atoms with Gasteiger partial charge in [-0.15, -0.1) is 11.3 Å². The predicted molar refractivity (Wildman–Crippen MR) is 94.7 cm³/mol. The predicted octanol–water partition coefficient (Wildman–Crippen LogP) is 3.47. The first-order chi connectivity index (χ1) is 11.5. The molecule has 126 valence electrons. The Morgan fingerprint density at radius 3 is 2.92 bits per heavy atom. The molecule has 0 N–H and O–H groups in total. The summed E-state index contributed by atoms with van der Waals surface area (Å²) in [4.78, 5) is 30.1. The van der Waals surface area contributed by atoms with Gasteiger partial charge in [0.15, 0.2) is 6.10 Å². The van der Waals surface area contributed by atoms with Gasteiger partial charge in [-0.2, -0.15) is 0 Å². The van der Waals surface area contributed by atoms with Crippen molar-refractivity contribution in [3.05, 3.63) is 28.6 Å². The number of hydrogen-bond acceptors (Lipinski definition) is 5. The lowest BCUT2D eigenvalue weighted by atomic mass is 10.1. The molecule has 0 aliphatic carbocycles. The molecule has 0 saturated heterocycles. The summed E-state index contributed by atoms with van der Waals surface area (Å²) in [5.41, 5.74) is 2.45. The van der Waals surface area contributed by atoms with Gasteiger partial charge >= 0.3 is 0 Å². The number of amides is 1. The Hall–Kier alpha value is -2.21. The van der Waals surface area contributed by atoms with E-state index in [2.05, 4.69) is 11.9 Å². The van der Waals surface area contributed by atoms with Gasteiger partial charge in [-0.1, -0.05) is 6.92 Å². The lowest BCUT2D eigenvalue weighted by Gasteiger charge is -2.32. The van der Waals surface area contributed by atoms with Crippen molar-refractivity contribution in [2.24, 2.45) is 0 Å². The van der Waals surface area contributed by atoms with Crippen LogP contribution in [-0.4, -0.2) is 29.3 Å². The van der Waals surface area contributed by atoms with Gasteiger partial charge in [-0.25, -0.2) is 4.98 Å². The Kier molecular flexibility index (Phi) is 4.66. The second-order valence-corrected chi connectivity index (χ2v) is 6.89. The number of ether oxygens (including phenoxy) is 1. The number of carbonyl (C=O) groups excluding carboxylic acids is 2. The third-order valence-electron chi connectivity index (χ3n) is 3.86. The van der Waals surface area contributed by atoms with E-state index in [-0.39, 0.29) is 18.2 Å². The van der Waals surface area contributed by atoms with Gasteiger partial charge < -0.3 is 4.74 Å². The van der Waals surface area contributed by atoms with Crippen LogP contribution in [0.25, 0.3) is 11.3 Å². The largest absolute Gasteiger partial charge is 0.479 e. The number of hydrogen-bond donors (Lipinski definition) is 0. The van der Waals surface area contributed by atoms with Crippen molar-refractivity contribution in [3.8, 4) is 17.0 Å². The van der Waals surface area contributed by atoms with Gasteiger partial charge in [0.25, 0.3) is 5.91 Å². The molecule has 1 atom stereocenters. The number of Topliss-reactive ketones (excluding diaryl/α,β-unsaturated/α-hetero) is 1. The summed E-state index contributed by atoms with van der Waals surface area (Å²) in [5.74, 6) is 0.364. The molecule has 1 aliphatic heterocycles. The van der Waals surface area contributed by atoms with Gasteiger partial charge in [-0.05, 0) is 44.9 Å². The number of aryl methyl sites for hydroxylation is 1. The Balaban J connectivity index is 1.99. The number of anilines is 1. The van der Waals surface area contributed by atoms with Crippen LogP contribution in [0.4, 0.5) is 5.69 Å². The van der Waals surface area contributed by atoms with E-state index in [0.29, 0.717) is 11.4 Å². The van der Waals surface area contributed by atoms with Crippen molar-refractivity contribution in [3.63, 3.8) is 0 Å². The Morgan fingerprint density at radius 2 is 2.21 bits per heavy atom. The van der Waals surface area contributed by atoms with Gasteiger partial charge in [0, 0.05) is 10.9 Å². The van der Waals surface area contributed by atoms with E-state index in [9.17, 15) is 9.59 Å². The number of ketones is 1. The van der Waals surface area contributed by atoms with E-state index >= 15 is 0 Å². The summed E-state index contributed by atoms with van der Waals surface area (Å²) < 4.78 is 5.67. The Labute approximate surface area is 145 Å². The van der Waals surface area contributed by atoms with Crippen LogP contribution in [0.2, 0.25) is 0 Å². The average Bonchev–Trinajstić information content (AvgIpc) is 3.00. The van der Waals surface area contributed by atoms with E-state index < -0.39 is 6.10 Å². The highest BCUT2D eigenvalue weighted by molar-refractivity contribution is 7.09. The molecule has 1 aromatic carbocycles. The highest BCUT2D eigenvalue weighted by Crippen LogP contribution is 2.37. The molecule has 1 aromatic heterocycles. The van der Waals surface area contributed by atoms with Crippen LogP contribution in [0.3, 0.4) is 0 Å². The summed E-state index contributed by atoms with van der Waals surface area (Å²) in [7, 11) is 0. The summed E-state index contributed by atoms with van der Waals surface area (Å²) >= 11 is 1.64. The first kappa shape index (κ1) is 16.6. The first-order valence-electron chi connectivity index (χ1n) is 8.06. The number of benzene rings is 1. The standard InChI is InChI=1S/C18H20N2O3S/c1-4-5-17-19-14(10-24-17)13-6-7-16-15(8-13)20(9-11(2)21)18(22)12(3)23-16/h6-8,10,12H,4-5,9H2,1-3H3. The van der Waals surface area contributed by atoms with Crippen molar-refractivity contribution in [2.45, 2.75) is 39.7 Å². The molecule has 5 nitrogen and oxygen atoms in total. The second-order valence-electron chi connectivity index (χ2n) is 5.95. The fourth-order valence-electron chi connectivity index (χ4n) is 2.72. The van der Waals surface area contributed by atoms with Crippen molar-refractivity contribution in [1.29, 1.82) is 0 Å². The molecule has 1 aliphatic rings. The summed E-state index contributed by atoms with van der Waals surface area (Å²) in [6.07, 6.45) is 1.44. The maximum absolute atomic E-state index is 12.4. The zero-order valence-corrected chi connectivity index (χ0v) is 14.9. The van der Waals surface area contributed by atoms with Crippen molar-refractivity contribution in [2.75, 3.05) is 11.4 Å². The molecule has 24 heavy (non-hydrogen) atoms. The maximum Gasteiger partial charge on any atom is 0.268 e. The summed E-state index contributed by atoms with van der Waals surface area (Å²) in [6.45, 7) is 5.36. The van der Waals surface area contributed by atoms with Crippen LogP contribution in [0, 0.1) is 0 Å². The van der Waals surface area contributed by atoms with Crippen LogP contribution in [0.1, 0.15) is 32.2 Å². The van der Waals surface area contributed by atoms with E-state index in [1.54, 1.807) is 18.3 Å². The normalized spacial score (nSPS) is 16.7. The van der Waals surface area contributed by atoms with Crippen LogP contribution in [-0.2, 0) is 16.0 Å². The SMILES string of the molecule is CCCc1nc(-c2ccc3c(c2)N(CC(C)=O)C(=O)C(C)O3)cs1. The number of aromatic nitrogens is 1. The third kappa shape index (κ3) is 3.19. The molecule has 0 saturated carbocycles. The van der Waals surface area contributed by atoms with E-state index in [0.717, 1.165) is 29.1 Å². The molecule has 6 heteroatoms. The smallest absolute Gasteiger partial charge is 0.268 e. The fraction of sp³-hybridized carbons (Fsp3) is 0.389. The minimum atomic E-state index is -0.585. The molecule has 1 unspecified atom stereocenters. The minimum absolute atomic E-state index is 0.0567.